The molecule has 1 heterocycles. The summed E-state index contributed by atoms with van der Waals surface area (Å²) in [6.07, 6.45) is 2.62. The van der Waals surface area contributed by atoms with Crippen molar-refractivity contribution in [3.8, 4) is 5.88 Å². The van der Waals surface area contributed by atoms with Crippen molar-refractivity contribution in [2.45, 2.75) is 39.7 Å². The highest BCUT2D eigenvalue weighted by Crippen LogP contribution is 2.24. The highest BCUT2D eigenvalue weighted by molar-refractivity contribution is 5.77. The number of hydrogen-bond donors (Lipinski definition) is 3. The number of carbonyl (C=O) groups is 1. The van der Waals surface area contributed by atoms with Gasteiger partial charge in [-0.05, 0) is 20.3 Å². The number of hydrogen-bond acceptors (Lipinski definition) is 6. The number of nitrogens with one attached hydrogen (secondary N) is 2. The first-order chi connectivity index (χ1) is 9.54. The van der Waals surface area contributed by atoms with Gasteiger partial charge in [0.15, 0.2) is 5.82 Å². The maximum absolute atomic E-state index is 11.5. The zero-order valence-electron chi connectivity index (χ0n) is 12.3. The average Bonchev–Trinajstić information content (AvgIpc) is 2.38. The van der Waals surface area contributed by atoms with Crippen molar-refractivity contribution >= 4 is 17.4 Å². The molecule has 112 valence electrons. The molecule has 0 unspecified atom stereocenters. The molecule has 0 saturated heterocycles. The largest absolute Gasteiger partial charge is 0.476 e. The molecule has 0 saturated carbocycles. The standard InChI is InChI=1S/C13H23N5O2/c1-4-7-20-13-11(14)12(16-8-17-13)15-6-5-10(19)18-9(2)3/h8-9H,4-7,14H2,1-3H3,(H,18,19)(H,15,16,17). The lowest BCUT2D eigenvalue weighted by atomic mass is 10.3. The van der Waals surface area contributed by atoms with Crippen molar-refractivity contribution < 1.29 is 9.53 Å². The molecular weight excluding hydrogens is 258 g/mol. The number of rotatable bonds is 8. The second-order valence-electron chi connectivity index (χ2n) is 4.69. The van der Waals surface area contributed by atoms with Gasteiger partial charge >= 0.3 is 0 Å². The van der Waals surface area contributed by atoms with Crippen LogP contribution >= 0.6 is 0 Å². The van der Waals surface area contributed by atoms with E-state index in [1.165, 1.54) is 6.33 Å². The van der Waals surface area contributed by atoms with Gasteiger partial charge in [0.1, 0.15) is 12.0 Å². The number of amides is 1. The quantitative estimate of drug-likeness (QED) is 0.661. The van der Waals surface area contributed by atoms with E-state index in [9.17, 15) is 4.79 Å². The molecule has 0 spiro atoms. The predicted molar refractivity (Wildman–Crippen MR) is 78.6 cm³/mol. The van der Waals surface area contributed by atoms with Crippen molar-refractivity contribution in [1.82, 2.24) is 15.3 Å². The van der Waals surface area contributed by atoms with Crippen LogP contribution in [0.4, 0.5) is 11.5 Å². The molecule has 1 aromatic heterocycles. The third-order valence-corrected chi connectivity index (χ3v) is 2.38. The van der Waals surface area contributed by atoms with Crippen LogP contribution in [0.5, 0.6) is 5.88 Å². The summed E-state index contributed by atoms with van der Waals surface area (Å²) in [5, 5.41) is 5.83. The van der Waals surface area contributed by atoms with Crippen LogP contribution in [0.2, 0.25) is 0 Å². The lowest BCUT2D eigenvalue weighted by Crippen LogP contribution is -2.31. The maximum atomic E-state index is 11.5. The lowest BCUT2D eigenvalue weighted by Gasteiger charge is -2.12. The Labute approximate surface area is 119 Å². The molecule has 0 aliphatic heterocycles. The Balaban J connectivity index is 2.49. The molecule has 7 heteroatoms. The summed E-state index contributed by atoms with van der Waals surface area (Å²) in [6.45, 7) is 6.85. The van der Waals surface area contributed by atoms with Crippen LogP contribution in [-0.4, -0.2) is 35.1 Å². The molecular formula is C13H23N5O2. The number of nitrogens with two attached hydrogens (primary N) is 1. The molecule has 1 amide bonds. The van der Waals surface area contributed by atoms with Crippen LogP contribution in [0.25, 0.3) is 0 Å². The fourth-order valence-corrected chi connectivity index (χ4v) is 1.52. The summed E-state index contributed by atoms with van der Waals surface area (Å²) in [4.78, 5) is 19.5. The minimum atomic E-state index is -0.0115. The van der Waals surface area contributed by atoms with Crippen molar-refractivity contribution in [3.05, 3.63) is 6.33 Å². The van der Waals surface area contributed by atoms with Crippen LogP contribution in [0.3, 0.4) is 0 Å². The van der Waals surface area contributed by atoms with Gasteiger partial charge in [-0.3, -0.25) is 4.79 Å². The third-order valence-electron chi connectivity index (χ3n) is 2.38. The third kappa shape index (κ3) is 5.29. The van der Waals surface area contributed by atoms with Gasteiger partial charge in [-0.1, -0.05) is 6.92 Å². The van der Waals surface area contributed by atoms with E-state index in [0.717, 1.165) is 6.42 Å². The number of nitrogens with zero attached hydrogens (tertiary/aromatic N) is 2. The van der Waals surface area contributed by atoms with Gasteiger partial charge < -0.3 is 21.1 Å². The molecule has 7 nitrogen and oxygen atoms in total. The Morgan fingerprint density at radius 2 is 2.20 bits per heavy atom. The zero-order chi connectivity index (χ0) is 15.0. The lowest BCUT2D eigenvalue weighted by molar-refractivity contribution is -0.121. The van der Waals surface area contributed by atoms with E-state index < -0.39 is 0 Å². The van der Waals surface area contributed by atoms with Gasteiger partial charge in [0.05, 0.1) is 6.61 Å². The monoisotopic (exact) mass is 281 g/mol. The van der Waals surface area contributed by atoms with E-state index in [0.29, 0.717) is 37.0 Å². The molecule has 1 aromatic rings. The first-order valence-electron chi connectivity index (χ1n) is 6.81. The fourth-order valence-electron chi connectivity index (χ4n) is 1.52. The minimum absolute atomic E-state index is 0.0115. The van der Waals surface area contributed by atoms with Gasteiger partial charge in [-0.25, -0.2) is 4.98 Å². The van der Waals surface area contributed by atoms with Crippen LogP contribution in [0.1, 0.15) is 33.6 Å². The minimum Gasteiger partial charge on any atom is -0.476 e. The van der Waals surface area contributed by atoms with Gasteiger partial charge in [-0.15, -0.1) is 0 Å². The van der Waals surface area contributed by atoms with E-state index in [2.05, 4.69) is 20.6 Å². The Morgan fingerprint density at radius 3 is 2.85 bits per heavy atom. The van der Waals surface area contributed by atoms with E-state index in [-0.39, 0.29) is 11.9 Å². The van der Waals surface area contributed by atoms with Gasteiger partial charge in [0.25, 0.3) is 0 Å². The van der Waals surface area contributed by atoms with Crippen LogP contribution in [0, 0.1) is 0 Å². The Hall–Kier alpha value is -2.05. The van der Waals surface area contributed by atoms with Crippen LogP contribution in [0.15, 0.2) is 6.33 Å². The van der Waals surface area contributed by atoms with Gasteiger partial charge in [0, 0.05) is 19.0 Å². The summed E-state index contributed by atoms with van der Waals surface area (Å²) in [7, 11) is 0. The van der Waals surface area contributed by atoms with E-state index in [1.807, 2.05) is 20.8 Å². The molecule has 0 aromatic carbocycles. The second kappa shape index (κ2) is 8.19. The number of nitrogen functional groups attached to an aromatic ring is 1. The second-order valence-corrected chi connectivity index (χ2v) is 4.69. The molecule has 0 aliphatic carbocycles. The van der Waals surface area contributed by atoms with Crippen LogP contribution < -0.4 is 21.1 Å². The number of ether oxygens (including phenoxy) is 1. The number of anilines is 2. The fraction of sp³-hybridized carbons (Fsp3) is 0.615. The maximum Gasteiger partial charge on any atom is 0.242 e. The summed E-state index contributed by atoms with van der Waals surface area (Å²) in [5.74, 6) is 0.849. The SMILES string of the molecule is CCCOc1ncnc(NCCC(=O)NC(C)C)c1N. The molecule has 0 atom stereocenters. The number of carbonyl (C=O) groups excluding carboxylic acids is 1. The highest BCUT2D eigenvalue weighted by Gasteiger charge is 2.09. The first-order valence-corrected chi connectivity index (χ1v) is 6.81. The molecule has 0 radical (unpaired) electrons. The molecule has 0 bridgehead atoms. The van der Waals surface area contributed by atoms with E-state index in [1.54, 1.807) is 0 Å². The summed E-state index contributed by atoms with van der Waals surface area (Å²) in [6, 6.07) is 0.140. The molecule has 1 rings (SSSR count). The predicted octanol–water partition coefficient (Wildman–Crippen LogP) is 1.17. The highest BCUT2D eigenvalue weighted by atomic mass is 16.5. The van der Waals surface area contributed by atoms with Gasteiger partial charge in [0.2, 0.25) is 11.8 Å². The smallest absolute Gasteiger partial charge is 0.242 e. The van der Waals surface area contributed by atoms with Crippen LogP contribution in [-0.2, 0) is 4.79 Å². The van der Waals surface area contributed by atoms with Crippen molar-refractivity contribution in [3.63, 3.8) is 0 Å². The average molecular weight is 281 g/mol. The normalized spacial score (nSPS) is 10.4. The molecule has 4 N–H and O–H groups in total. The summed E-state index contributed by atoms with van der Waals surface area (Å²) >= 11 is 0. The van der Waals surface area contributed by atoms with E-state index >= 15 is 0 Å². The van der Waals surface area contributed by atoms with Crippen molar-refractivity contribution in [1.29, 1.82) is 0 Å². The van der Waals surface area contributed by atoms with Gasteiger partial charge in [-0.2, -0.15) is 4.98 Å². The Bertz CT molecular complexity index is 437. The zero-order valence-corrected chi connectivity index (χ0v) is 12.3. The topological polar surface area (TPSA) is 102 Å². The molecule has 20 heavy (non-hydrogen) atoms. The molecule has 0 fully saturated rings. The Kier molecular flexibility index (Phi) is 6.55. The first kappa shape index (κ1) is 16.0. The van der Waals surface area contributed by atoms with E-state index in [4.69, 9.17) is 10.5 Å². The van der Waals surface area contributed by atoms with Crippen molar-refractivity contribution in [2.24, 2.45) is 0 Å². The molecule has 0 aliphatic rings. The Morgan fingerprint density at radius 1 is 1.45 bits per heavy atom. The summed E-state index contributed by atoms with van der Waals surface area (Å²) in [5.41, 5.74) is 6.27. The summed E-state index contributed by atoms with van der Waals surface area (Å²) < 4.78 is 5.41. The van der Waals surface area contributed by atoms with Crippen molar-refractivity contribution in [2.75, 3.05) is 24.2 Å². The number of aromatic nitrogens is 2.